The Bertz CT molecular complexity index is 784. The lowest BCUT2D eigenvalue weighted by molar-refractivity contribution is 0.0686. The van der Waals surface area contributed by atoms with E-state index in [1.807, 2.05) is 6.07 Å². The number of benzene rings is 1. The minimum Gasteiger partial charge on any atom is -0.493 e. The molecule has 2 aromatic rings. The van der Waals surface area contributed by atoms with Gasteiger partial charge in [-0.05, 0) is 19.2 Å². The van der Waals surface area contributed by atoms with E-state index in [1.165, 1.54) is 21.3 Å². The Hall–Kier alpha value is -2.71. The second-order valence-corrected chi connectivity index (χ2v) is 5.48. The molecule has 0 aliphatic carbocycles. The van der Waals surface area contributed by atoms with Crippen LogP contribution in [0.2, 0.25) is 0 Å². The van der Waals surface area contributed by atoms with Gasteiger partial charge in [-0.25, -0.2) is 4.79 Å². The van der Waals surface area contributed by atoms with Gasteiger partial charge in [-0.3, -0.25) is 0 Å². The van der Waals surface area contributed by atoms with Crippen LogP contribution in [0.3, 0.4) is 0 Å². The van der Waals surface area contributed by atoms with Crippen LogP contribution in [-0.2, 0) is 17.9 Å². The van der Waals surface area contributed by atoms with Crippen LogP contribution in [0.25, 0.3) is 11.1 Å². The molecular formula is C18H24N2O6. The van der Waals surface area contributed by atoms with E-state index in [9.17, 15) is 9.90 Å². The summed E-state index contributed by atoms with van der Waals surface area (Å²) in [5.74, 6) is 0.354. The number of aromatic carboxylic acids is 1. The summed E-state index contributed by atoms with van der Waals surface area (Å²) < 4.78 is 21.6. The molecule has 0 amide bonds. The van der Waals surface area contributed by atoms with Gasteiger partial charge in [0.15, 0.2) is 11.5 Å². The molecule has 0 aliphatic rings. The summed E-state index contributed by atoms with van der Waals surface area (Å²) in [4.78, 5) is 14.7. The summed E-state index contributed by atoms with van der Waals surface area (Å²) in [6.07, 6.45) is 0. The van der Waals surface area contributed by atoms with Gasteiger partial charge in [0.1, 0.15) is 5.69 Å². The van der Waals surface area contributed by atoms with Crippen LogP contribution in [0.1, 0.15) is 21.7 Å². The Morgan fingerprint density at radius 1 is 1.12 bits per heavy atom. The maximum atomic E-state index is 11.7. The van der Waals surface area contributed by atoms with Gasteiger partial charge in [0.2, 0.25) is 5.75 Å². The summed E-state index contributed by atoms with van der Waals surface area (Å²) in [5, 5.41) is 12.6. The molecule has 0 bridgehead atoms. The summed E-state index contributed by atoms with van der Waals surface area (Å²) in [6, 6.07) is 3.57. The van der Waals surface area contributed by atoms with Crippen molar-refractivity contribution in [1.82, 2.24) is 10.3 Å². The highest BCUT2D eigenvalue weighted by atomic mass is 16.5. The van der Waals surface area contributed by atoms with Gasteiger partial charge in [0, 0.05) is 36.0 Å². The predicted molar refractivity (Wildman–Crippen MR) is 96.3 cm³/mol. The van der Waals surface area contributed by atoms with Crippen LogP contribution in [0, 0.1) is 0 Å². The van der Waals surface area contributed by atoms with Gasteiger partial charge >= 0.3 is 5.97 Å². The van der Waals surface area contributed by atoms with Crippen molar-refractivity contribution in [3.63, 3.8) is 0 Å². The zero-order chi connectivity index (χ0) is 19.3. The first-order valence-electron chi connectivity index (χ1n) is 7.93. The van der Waals surface area contributed by atoms with E-state index >= 15 is 0 Å². The molecule has 0 atom stereocenters. The fourth-order valence-corrected chi connectivity index (χ4v) is 3.00. The number of carboxylic acids is 1. The molecule has 1 aromatic heterocycles. The Kier molecular flexibility index (Phi) is 6.48. The first-order chi connectivity index (χ1) is 12.5. The van der Waals surface area contributed by atoms with Gasteiger partial charge < -0.3 is 34.4 Å². The van der Waals surface area contributed by atoms with Crippen molar-refractivity contribution >= 4 is 5.97 Å². The van der Waals surface area contributed by atoms with Crippen molar-refractivity contribution in [2.45, 2.75) is 13.2 Å². The Labute approximate surface area is 152 Å². The van der Waals surface area contributed by atoms with Crippen LogP contribution in [0.5, 0.6) is 17.2 Å². The van der Waals surface area contributed by atoms with Gasteiger partial charge in [-0.2, -0.15) is 0 Å². The number of rotatable bonds is 9. The third kappa shape index (κ3) is 3.47. The van der Waals surface area contributed by atoms with E-state index in [1.54, 1.807) is 20.2 Å². The van der Waals surface area contributed by atoms with Gasteiger partial charge in [-0.15, -0.1) is 0 Å². The van der Waals surface area contributed by atoms with Crippen molar-refractivity contribution in [2.24, 2.45) is 0 Å². The van der Waals surface area contributed by atoms with Gasteiger partial charge in [0.25, 0.3) is 0 Å². The largest absolute Gasteiger partial charge is 0.493 e. The zero-order valence-corrected chi connectivity index (χ0v) is 15.6. The van der Waals surface area contributed by atoms with E-state index in [0.29, 0.717) is 46.2 Å². The number of aromatic nitrogens is 1. The molecule has 0 saturated carbocycles. The van der Waals surface area contributed by atoms with Crippen LogP contribution in [-0.4, -0.2) is 51.5 Å². The maximum Gasteiger partial charge on any atom is 0.352 e. The molecule has 0 aliphatic heterocycles. The third-order valence-corrected chi connectivity index (χ3v) is 4.01. The number of carboxylic acid groups (broad SMARTS) is 1. The molecule has 1 aromatic carbocycles. The van der Waals surface area contributed by atoms with Crippen LogP contribution < -0.4 is 19.5 Å². The number of aromatic amines is 1. The molecular weight excluding hydrogens is 340 g/mol. The predicted octanol–water partition coefficient (Wildman–Crippen LogP) is 2.27. The van der Waals surface area contributed by atoms with Gasteiger partial charge in [-0.1, -0.05) is 0 Å². The molecule has 0 saturated heterocycles. The summed E-state index contributed by atoms with van der Waals surface area (Å²) in [5.41, 5.74) is 2.73. The van der Waals surface area contributed by atoms with Crippen LogP contribution >= 0.6 is 0 Å². The SMILES string of the molecule is CNCc1[nH]c(C(=O)O)c(COC)c1-c1ccc(OC)c(OC)c1OC. The number of ether oxygens (including phenoxy) is 4. The number of hydrogen-bond acceptors (Lipinski definition) is 6. The first-order valence-corrected chi connectivity index (χ1v) is 7.93. The highest BCUT2D eigenvalue weighted by Gasteiger charge is 2.27. The Morgan fingerprint density at radius 3 is 2.31 bits per heavy atom. The van der Waals surface area contributed by atoms with Crippen molar-refractivity contribution < 1.29 is 28.8 Å². The number of hydrogen-bond donors (Lipinski definition) is 3. The second kappa shape index (κ2) is 8.59. The topological polar surface area (TPSA) is 102 Å². The molecule has 0 unspecified atom stereocenters. The van der Waals surface area contributed by atoms with Crippen LogP contribution in [0.15, 0.2) is 12.1 Å². The molecule has 3 N–H and O–H groups in total. The van der Waals surface area contributed by atoms with Crippen molar-refractivity contribution in [2.75, 3.05) is 35.5 Å². The summed E-state index contributed by atoms with van der Waals surface area (Å²) in [6.45, 7) is 0.575. The Balaban J connectivity index is 2.83. The molecule has 0 spiro atoms. The quantitative estimate of drug-likeness (QED) is 0.627. The number of carbonyl (C=O) groups is 1. The maximum absolute atomic E-state index is 11.7. The second-order valence-electron chi connectivity index (χ2n) is 5.48. The fraction of sp³-hybridized carbons (Fsp3) is 0.389. The number of H-pyrrole nitrogens is 1. The molecule has 8 nitrogen and oxygen atoms in total. The third-order valence-electron chi connectivity index (χ3n) is 4.01. The molecule has 2 rings (SSSR count). The fourth-order valence-electron chi connectivity index (χ4n) is 3.00. The summed E-state index contributed by atoms with van der Waals surface area (Å²) in [7, 11) is 7.89. The Morgan fingerprint density at radius 2 is 1.81 bits per heavy atom. The average molecular weight is 364 g/mol. The average Bonchev–Trinajstić information content (AvgIpc) is 2.99. The van der Waals surface area contributed by atoms with Crippen LogP contribution in [0.4, 0.5) is 0 Å². The van der Waals surface area contributed by atoms with E-state index < -0.39 is 5.97 Å². The van der Waals surface area contributed by atoms with E-state index in [0.717, 1.165) is 0 Å². The first kappa shape index (κ1) is 19.6. The lowest BCUT2D eigenvalue weighted by Crippen LogP contribution is -2.07. The molecule has 26 heavy (non-hydrogen) atoms. The van der Waals surface area contributed by atoms with E-state index in [2.05, 4.69) is 10.3 Å². The molecule has 0 fully saturated rings. The minimum atomic E-state index is -1.06. The molecule has 0 radical (unpaired) electrons. The highest BCUT2D eigenvalue weighted by molar-refractivity contribution is 5.93. The van der Waals surface area contributed by atoms with Crippen molar-refractivity contribution in [3.05, 3.63) is 29.1 Å². The van der Waals surface area contributed by atoms with Crippen molar-refractivity contribution in [1.29, 1.82) is 0 Å². The van der Waals surface area contributed by atoms with Gasteiger partial charge in [0.05, 0.1) is 27.9 Å². The molecule has 142 valence electrons. The molecule has 1 heterocycles. The standard InChI is InChI=1S/C18H24N2O6/c1-19-8-12-14(11(9-23-2)15(20-12)18(21)22)10-6-7-13(24-3)17(26-5)16(10)25-4/h6-7,19-20H,8-9H2,1-5H3,(H,21,22). The van der Waals surface area contributed by atoms with Crippen molar-refractivity contribution in [3.8, 4) is 28.4 Å². The molecule has 8 heteroatoms. The number of methoxy groups -OCH3 is 4. The smallest absolute Gasteiger partial charge is 0.352 e. The normalized spacial score (nSPS) is 10.7. The number of nitrogens with one attached hydrogen (secondary N) is 2. The lowest BCUT2D eigenvalue weighted by atomic mass is 9.98. The van der Waals surface area contributed by atoms with E-state index in [4.69, 9.17) is 18.9 Å². The monoisotopic (exact) mass is 364 g/mol. The lowest BCUT2D eigenvalue weighted by Gasteiger charge is -2.17. The minimum absolute atomic E-state index is 0.0870. The zero-order valence-electron chi connectivity index (χ0n) is 15.6. The highest BCUT2D eigenvalue weighted by Crippen LogP contribution is 2.46. The summed E-state index contributed by atoms with van der Waals surface area (Å²) >= 11 is 0. The van der Waals surface area contributed by atoms with E-state index in [-0.39, 0.29) is 12.3 Å².